The molecule has 1 aliphatic heterocycles. The van der Waals surface area contributed by atoms with Crippen LogP contribution in [-0.2, 0) is 14.8 Å². The van der Waals surface area contributed by atoms with E-state index >= 15 is 0 Å². The number of aromatic nitrogens is 1. The summed E-state index contributed by atoms with van der Waals surface area (Å²) < 4.78 is 26.6. The molecule has 25 heavy (non-hydrogen) atoms. The van der Waals surface area contributed by atoms with E-state index in [0.29, 0.717) is 6.04 Å². The van der Waals surface area contributed by atoms with Crippen molar-refractivity contribution in [2.45, 2.75) is 43.0 Å². The lowest BCUT2D eigenvalue weighted by molar-refractivity contribution is -0.132. The van der Waals surface area contributed by atoms with Gasteiger partial charge in [0.2, 0.25) is 15.9 Å². The zero-order chi connectivity index (χ0) is 17.7. The number of sulfonamides is 1. The van der Waals surface area contributed by atoms with E-state index < -0.39 is 10.0 Å². The molecule has 8 heteroatoms. The van der Waals surface area contributed by atoms with E-state index in [1.807, 2.05) is 4.90 Å². The van der Waals surface area contributed by atoms with Gasteiger partial charge in [0.1, 0.15) is 4.90 Å². The Balaban J connectivity index is 1.36. The van der Waals surface area contributed by atoms with E-state index in [2.05, 4.69) is 15.0 Å². The third-order valence-corrected chi connectivity index (χ3v) is 6.26. The number of likely N-dealkylation sites (tertiary alicyclic amines) is 1. The van der Waals surface area contributed by atoms with Gasteiger partial charge in [-0.15, -0.1) is 0 Å². The first-order valence-electron chi connectivity index (χ1n) is 8.95. The maximum atomic E-state index is 12.3. The molecule has 0 atom stereocenters. The van der Waals surface area contributed by atoms with Crippen LogP contribution in [0.4, 0.5) is 0 Å². The van der Waals surface area contributed by atoms with Gasteiger partial charge in [-0.05, 0) is 50.3 Å². The highest BCUT2D eigenvalue weighted by atomic mass is 32.2. The molecule has 2 N–H and O–H groups in total. The molecule has 0 radical (unpaired) electrons. The molecule has 3 rings (SSSR count). The number of pyridine rings is 1. The summed E-state index contributed by atoms with van der Waals surface area (Å²) in [5.41, 5.74) is 0. The molecule has 0 spiro atoms. The lowest BCUT2D eigenvalue weighted by atomic mass is 10.0. The topological polar surface area (TPSA) is 91.4 Å². The van der Waals surface area contributed by atoms with Crippen LogP contribution in [0.2, 0.25) is 0 Å². The molecule has 1 saturated carbocycles. The van der Waals surface area contributed by atoms with Crippen LogP contribution in [0.5, 0.6) is 0 Å². The molecule has 7 nitrogen and oxygen atoms in total. The number of hydrogen-bond acceptors (Lipinski definition) is 5. The van der Waals surface area contributed by atoms with Gasteiger partial charge in [0.05, 0.1) is 0 Å². The molecular formula is C17H26N4O3S. The molecule has 2 heterocycles. The Morgan fingerprint density at radius 3 is 2.64 bits per heavy atom. The minimum atomic E-state index is -3.60. The first-order valence-corrected chi connectivity index (χ1v) is 10.4. The van der Waals surface area contributed by atoms with Crippen LogP contribution in [0.3, 0.4) is 0 Å². The average Bonchev–Trinajstić information content (AvgIpc) is 3.45. The third-order valence-electron chi connectivity index (χ3n) is 4.82. The van der Waals surface area contributed by atoms with E-state index in [9.17, 15) is 13.2 Å². The Morgan fingerprint density at radius 1 is 1.24 bits per heavy atom. The molecule has 0 bridgehead atoms. The van der Waals surface area contributed by atoms with Crippen molar-refractivity contribution >= 4 is 15.9 Å². The van der Waals surface area contributed by atoms with E-state index in [1.165, 1.54) is 31.3 Å². The molecular weight excluding hydrogens is 340 g/mol. The number of nitrogens with zero attached hydrogens (tertiary/aromatic N) is 2. The number of carbonyl (C=O) groups excluding carboxylic acids is 1. The number of rotatable bonds is 8. The summed E-state index contributed by atoms with van der Waals surface area (Å²) in [5, 5.41) is 3.59. The van der Waals surface area contributed by atoms with Crippen molar-refractivity contribution in [3.05, 3.63) is 24.5 Å². The van der Waals surface area contributed by atoms with Gasteiger partial charge >= 0.3 is 0 Å². The average molecular weight is 366 g/mol. The monoisotopic (exact) mass is 366 g/mol. The first-order chi connectivity index (χ1) is 12.0. The van der Waals surface area contributed by atoms with Gasteiger partial charge in [-0.1, -0.05) is 0 Å². The predicted octanol–water partition coefficient (Wildman–Crippen LogP) is 0.741. The first kappa shape index (κ1) is 18.3. The standard InChI is InChI=1S/C17H26N4O3S/c22-17(5-9-20-25(23,24)16-2-1-8-18-13-16)21-10-6-15(7-11-21)19-12-14-3-4-14/h1-2,8,13-15,19-20H,3-7,9-12H2. The molecule has 1 aromatic heterocycles. The van der Waals surface area contributed by atoms with Gasteiger partial charge in [0, 0.05) is 44.5 Å². The highest BCUT2D eigenvalue weighted by Crippen LogP contribution is 2.28. The minimum absolute atomic E-state index is 0.00882. The molecule has 1 saturated heterocycles. The molecule has 1 amide bonds. The van der Waals surface area contributed by atoms with E-state index in [0.717, 1.165) is 38.4 Å². The minimum Gasteiger partial charge on any atom is -0.343 e. The number of piperidine rings is 1. The maximum Gasteiger partial charge on any atom is 0.242 e. The predicted molar refractivity (Wildman–Crippen MR) is 94.4 cm³/mol. The third kappa shape index (κ3) is 5.49. The SMILES string of the molecule is O=C(CCNS(=O)(=O)c1cccnc1)N1CCC(NCC2CC2)CC1. The van der Waals surface area contributed by atoms with Gasteiger partial charge in [-0.25, -0.2) is 13.1 Å². The van der Waals surface area contributed by atoms with Crippen LogP contribution in [0, 0.1) is 5.92 Å². The highest BCUT2D eigenvalue weighted by Gasteiger charge is 2.26. The van der Waals surface area contributed by atoms with Crippen LogP contribution in [-0.4, -0.2) is 56.4 Å². The van der Waals surface area contributed by atoms with E-state index in [1.54, 1.807) is 6.07 Å². The Morgan fingerprint density at radius 2 is 2.00 bits per heavy atom. The van der Waals surface area contributed by atoms with Crippen LogP contribution < -0.4 is 10.0 Å². The summed E-state index contributed by atoms with van der Waals surface area (Å²) in [6.07, 6.45) is 7.63. The summed E-state index contributed by atoms with van der Waals surface area (Å²) in [6.45, 7) is 2.71. The summed E-state index contributed by atoms with van der Waals surface area (Å²) >= 11 is 0. The number of nitrogens with one attached hydrogen (secondary N) is 2. The van der Waals surface area contributed by atoms with E-state index in [-0.39, 0.29) is 23.8 Å². The lowest BCUT2D eigenvalue weighted by Gasteiger charge is -2.32. The Labute approximate surface area is 149 Å². The molecule has 1 aliphatic carbocycles. The molecule has 1 aromatic rings. The quantitative estimate of drug-likeness (QED) is 0.708. The van der Waals surface area contributed by atoms with Crippen LogP contribution in [0.25, 0.3) is 0 Å². The second-order valence-corrected chi connectivity index (χ2v) is 8.61. The van der Waals surface area contributed by atoms with Crippen LogP contribution in [0.1, 0.15) is 32.1 Å². The Bertz CT molecular complexity index is 668. The van der Waals surface area contributed by atoms with E-state index in [4.69, 9.17) is 0 Å². The fraction of sp³-hybridized carbons (Fsp3) is 0.647. The summed E-state index contributed by atoms with van der Waals surface area (Å²) in [5.74, 6) is 0.877. The maximum absolute atomic E-state index is 12.3. The summed E-state index contributed by atoms with van der Waals surface area (Å²) in [6, 6.07) is 3.56. The van der Waals surface area contributed by atoms with Gasteiger partial charge in [-0.3, -0.25) is 9.78 Å². The van der Waals surface area contributed by atoms with Crippen LogP contribution >= 0.6 is 0 Å². The van der Waals surface area contributed by atoms with Crippen molar-refractivity contribution in [2.75, 3.05) is 26.2 Å². The van der Waals surface area contributed by atoms with Gasteiger partial charge < -0.3 is 10.2 Å². The van der Waals surface area contributed by atoms with Crippen molar-refractivity contribution in [2.24, 2.45) is 5.92 Å². The van der Waals surface area contributed by atoms with Crippen LogP contribution in [0.15, 0.2) is 29.4 Å². The summed E-state index contributed by atoms with van der Waals surface area (Å²) in [4.78, 5) is 18.0. The number of amides is 1. The number of hydrogen-bond donors (Lipinski definition) is 2. The zero-order valence-electron chi connectivity index (χ0n) is 14.4. The Hall–Kier alpha value is -1.51. The van der Waals surface area contributed by atoms with Crippen molar-refractivity contribution in [3.8, 4) is 0 Å². The van der Waals surface area contributed by atoms with Crippen molar-refractivity contribution in [1.82, 2.24) is 19.9 Å². The normalized spacial score (nSPS) is 19.1. The van der Waals surface area contributed by atoms with Crippen molar-refractivity contribution in [3.63, 3.8) is 0 Å². The second-order valence-electron chi connectivity index (χ2n) is 6.84. The van der Waals surface area contributed by atoms with Gasteiger partial charge in [-0.2, -0.15) is 0 Å². The van der Waals surface area contributed by atoms with Gasteiger partial charge in [0.25, 0.3) is 0 Å². The fourth-order valence-corrected chi connectivity index (χ4v) is 4.02. The zero-order valence-corrected chi connectivity index (χ0v) is 15.2. The molecule has 0 aromatic carbocycles. The van der Waals surface area contributed by atoms with Gasteiger partial charge in [0.15, 0.2) is 0 Å². The number of carbonyl (C=O) groups is 1. The molecule has 2 aliphatic rings. The molecule has 138 valence electrons. The molecule has 2 fully saturated rings. The Kier molecular flexibility index (Phi) is 6.03. The second kappa shape index (κ2) is 8.25. The summed E-state index contributed by atoms with van der Waals surface area (Å²) in [7, 11) is -3.60. The highest BCUT2D eigenvalue weighted by molar-refractivity contribution is 7.89. The fourth-order valence-electron chi connectivity index (χ4n) is 3.03. The lowest BCUT2D eigenvalue weighted by Crippen LogP contribution is -2.46. The van der Waals surface area contributed by atoms with Crippen molar-refractivity contribution in [1.29, 1.82) is 0 Å². The van der Waals surface area contributed by atoms with Crippen molar-refractivity contribution < 1.29 is 13.2 Å². The largest absolute Gasteiger partial charge is 0.343 e. The smallest absolute Gasteiger partial charge is 0.242 e. The molecule has 0 unspecified atom stereocenters.